The van der Waals surface area contributed by atoms with Crippen molar-refractivity contribution in [3.05, 3.63) is 0 Å². The Morgan fingerprint density at radius 2 is 2.09 bits per heavy atom. The van der Waals surface area contributed by atoms with Crippen LogP contribution in [0.15, 0.2) is 0 Å². The first kappa shape index (κ1) is 8.15. The van der Waals surface area contributed by atoms with Gasteiger partial charge >= 0.3 is 0 Å². The summed E-state index contributed by atoms with van der Waals surface area (Å²) in [6.45, 7) is 4.39. The van der Waals surface area contributed by atoms with E-state index in [9.17, 15) is 0 Å². The lowest BCUT2D eigenvalue weighted by Gasteiger charge is -2.24. The molecule has 2 fully saturated rings. The van der Waals surface area contributed by atoms with Crippen molar-refractivity contribution in [2.24, 2.45) is 11.3 Å². The third-order valence-corrected chi connectivity index (χ3v) is 4.78. The largest absolute Gasteiger partial charge is 0.306 e. The molecule has 1 aliphatic carbocycles. The predicted molar refractivity (Wildman–Crippen MR) is 48.1 cm³/mol. The highest BCUT2D eigenvalue weighted by atomic mass is 35.5. The fourth-order valence-corrected chi connectivity index (χ4v) is 3.12. The van der Waals surface area contributed by atoms with Crippen molar-refractivity contribution in [2.45, 2.75) is 17.7 Å². The van der Waals surface area contributed by atoms with Gasteiger partial charge in [0.05, 0.1) is 0 Å². The second kappa shape index (κ2) is 2.07. The fraction of sp³-hybridized carbons (Fsp3) is 1.00. The van der Waals surface area contributed by atoms with Crippen LogP contribution in [-0.2, 0) is 0 Å². The lowest BCUT2D eigenvalue weighted by molar-refractivity contribution is 0.222. The smallest absolute Gasteiger partial charge is 0.128 e. The van der Waals surface area contributed by atoms with Gasteiger partial charge in [-0.1, -0.05) is 6.92 Å². The zero-order valence-electron chi connectivity index (χ0n) is 6.90. The Hall–Kier alpha value is 0.540. The quantitative estimate of drug-likeness (QED) is 0.534. The highest BCUT2D eigenvalue weighted by Crippen LogP contribution is 2.71. The highest BCUT2D eigenvalue weighted by molar-refractivity contribution is 6.51. The molecule has 2 aliphatic rings. The number of piperidine rings is 1. The number of rotatable bonds is 0. The Balaban J connectivity index is 2.16. The van der Waals surface area contributed by atoms with E-state index in [4.69, 9.17) is 23.2 Å². The molecule has 1 saturated heterocycles. The molecule has 0 N–H and O–H groups in total. The summed E-state index contributed by atoms with van der Waals surface area (Å²) in [7, 11) is 2.13. The van der Waals surface area contributed by atoms with Gasteiger partial charge in [-0.2, -0.15) is 0 Å². The van der Waals surface area contributed by atoms with Crippen LogP contribution in [0.2, 0.25) is 0 Å². The number of hydrogen-bond acceptors (Lipinski definition) is 1. The van der Waals surface area contributed by atoms with Crippen LogP contribution < -0.4 is 0 Å². The minimum absolute atomic E-state index is 0.211. The summed E-state index contributed by atoms with van der Waals surface area (Å²) in [5, 5.41) is 0. The molecule has 0 amide bonds. The zero-order valence-corrected chi connectivity index (χ0v) is 8.41. The molecule has 0 aromatic carbocycles. The van der Waals surface area contributed by atoms with E-state index in [0.717, 1.165) is 19.5 Å². The van der Waals surface area contributed by atoms with Crippen LogP contribution in [0.1, 0.15) is 13.3 Å². The molecule has 11 heavy (non-hydrogen) atoms. The zero-order chi connectivity index (χ0) is 8.28. The van der Waals surface area contributed by atoms with E-state index in [1.165, 1.54) is 0 Å². The molecule has 0 bridgehead atoms. The molecule has 0 aromatic heterocycles. The van der Waals surface area contributed by atoms with E-state index in [1.807, 2.05) is 0 Å². The van der Waals surface area contributed by atoms with Crippen molar-refractivity contribution >= 4 is 23.2 Å². The van der Waals surface area contributed by atoms with E-state index in [2.05, 4.69) is 18.9 Å². The van der Waals surface area contributed by atoms with E-state index in [0.29, 0.717) is 5.92 Å². The minimum atomic E-state index is -0.433. The molecule has 1 heterocycles. The van der Waals surface area contributed by atoms with Gasteiger partial charge in [-0.25, -0.2) is 0 Å². The van der Waals surface area contributed by atoms with Gasteiger partial charge in [-0.3, -0.25) is 0 Å². The van der Waals surface area contributed by atoms with Gasteiger partial charge in [0.15, 0.2) is 0 Å². The van der Waals surface area contributed by atoms with Crippen LogP contribution in [-0.4, -0.2) is 29.4 Å². The fourth-order valence-electron chi connectivity index (χ4n) is 2.16. The number of alkyl halides is 2. The molecule has 3 heteroatoms. The van der Waals surface area contributed by atoms with Crippen LogP contribution in [0.3, 0.4) is 0 Å². The Morgan fingerprint density at radius 1 is 1.45 bits per heavy atom. The molecule has 2 unspecified atom stereocenters. The van der Waals surface area contributed by atoms with Crippen molar-refractivity contribution in [3.63, 3.8) is 0 Å². The van der Waals surface area contributed by atoms with Crippen molar-refractivity contribution in [2.75, 3.05) is 20.1 Å². The molecule has 2 atom stereocenters. The van der Waals surface area contributed by atoms with E-state index in [-0.39, 0.29) is 5.41 Å². The van der Waals surface area contributed by atoms with Gasteiger partial charge in [0, 0.05) is 17.9 Å². The highest BCUT2D eigenvalue weighted by Gasteiger charge is 2.73. The van der Waals surface area contributed by atoms with Gasteiger partial charge in [0.25, 0.3) is 0 Å². The van der Waals surface area contributed by atoms with Crippen molar-refractivity contribution < 1.29 is 0 Å². The van der Waals surface area contributed by atoms with E-state index >= 15 is 0 Å². The number of hydrogen-bond donors (Lipinski definition) is 0. The summed E-state index contributed by atoms with van der Waals surface area (Å²) in [5.74, 6) is 0.497. The van der Waals surface area contributed by atoms with Crippen molar-refractivity contribution in [1.29, 1.82) is 0 Å². The van der Waals surface area contributed by atoms with Gasteiger partial charge < -0.3 is 4.90 Å². The number of likely N-dealkylation sites (tertiary alicyclic amines) is 1. The average molecular weight is 194 g/mol. The molecule has 0 spiro atoms. The van der Waals surface area contributed by atoms with Crippen LogP contribution in [0.5, 0.6) is 0 Å². The number of nitrogens with zero attached hydrogens (tertiary/aromatic N) is 1. The van der Waals surface area contributed by atoms with Crippen LogP contribution in [0.4, 0.5) is 0 Å². The maximum atomic E-state index is 6.16. The first-order valence-corrected chi connectivity index (χ1v) is 4.80. The second-order valence-electron chi connectivity index (χ2n) is 4.11. The standard InChI is InChI=1S/C8H13Cl2N/c1-7-3-4-11(2)5-6(7)8(7,9)10/h6H,3-5H2,1-2H3. The summed E-state index contributed by atoms with van der Waals surface area (Å²) >= 11 is 12.3. The van der Waals surface area contributed by atoms with Crippen LogP contribution in [0, 0.1) is 11.3 Å². The van der Waals surface area contributed by atoms with Gasteiger partial charge in [0.2, 0.25) is 0 Å². The van der Waals surface area contributed by atoms with Gasteiger partial charge in [0.1, 0.15) is 4.33 Å². The Morgan fingerprint density at radius 3 is 2.55 bits per heavy atom. The molecule has 0 radical (unpaired) electrons. The average Bonchev–Trinajstić information content (AvgIpc) is 2.33. The normalized spacial score (nSPS) is 48.5. The summed E-state index contributed by atoms with van der Waals surface area (Å²) < 4.78 is -0.433. The van der Waals surface area contributed by atoms with Crippen molar-refractivity contribution in [3.8, 4) is 0 Å². The minimum Gasteiger partial charge on any atom is -0.306 e. The molecule has 2 rings (SSSR count). The third-order valence-electron chi connectivity index (χ3n) is 3.39. The Labute approximate surface area is 77.6 Å². The maximum absolute atomic E-state index is 6.16. The maximum Gasteiger partial charge on any atom is 0.128 e. The third kappa shape index (κ3) is 0.881. The first-order valence-electron chi connectivity index (χ1n) is 4.05. The summed E-state index contributed by atoms with van der Waals surface area (Å²) in [6.07, 6.45) is 1.14. The Bertz CT molecular complexity index is 193. The van der Waals surface area contributed by atoms with E-state index in [1.54, 1.807) is 0 Å². The van der Waals surface area contributed by atoms with Gasteiger partial charge in [-0.05, 0) is 20.0 Å². The Kier molecular flexibility index (Phi) is 1.53. The molecule has 1 saturated carbocycles. The number of halogens is 2. The summed E-state index contributed by atoms with van der Waals surface area (Å²) in [6, 6.07) is 0. The predicted octanol–water partition coefficient (Wildman–Crippen LogP) is 2.13. The van der Waals surface area contributed by atoms with Gasteiger partial charge in [-0.15, -0.1) is 23.2 Å². The summed E-state index contributed by atoms with van der Waals surface area (Å²) in [4.78, 5) is 2.30. The van der Waals surface area contributed by atoms with E-state index < -0.39 is 4.33 Å². The lowest BCUT2D eigenvalue weighted by Crippen LogP contribution is -2.30. The molecule has 1 aliphatic heterocycles. The molecular formula is C8H13Cl2N. The second-order valence-corrected chi connectivity index (χ2v) is 5.49. The first-order chi connectivity index (χ1) is 4.98. The molecule has 64 valence electrons. The lowest BCUT2D eigenvalue weighted by atomic mass is 9.98. The molecule has 0 aromatic rings. The summed E-state index contributed by atoms with van der Waals surface area (Å²) in [5.41, 5.74) is 0.211. The number of fused-ring (bicyclic) bond motifs is 1. The molecule has 1 nitrogen and oxygen atoms in total. The van der Waals surface area contributed by atoms with Crippen LogP contribution >= 0.6 is 23.2 Å². The SMILES string of the molecule is CN1CCC2(C)C(C1)C2(Cl)Cl. The van der Waals surface area contributed by atoms with Crippen LogP contribution in [0.25, 0.3) is 0 Å². The monoisotopic (exact) mass is 193 g/mol. The topological polar surface area (TPSA) is 3.24 Å². The molecular weight excluding hydrogens is 181 g/mol. The van der Waals surface area contributed by atoms with Crippen molar-refractivity contribution in [1.82, 2.24) is 4.90 Å².